The van der Waals surface area contributed by atoms with E-state index in [1.165, 1.54) is 11.3 Å². The fourth-order valence-electron chi connectivity index (χ4n) is 2.40. The largest absolute Gasteiger partial charge is 0.388 e. The molecule has 0 saturated heterocycles. The van der Waals surface area contributed by atoms with E-state index in [1.807, 2.05) is 18.2 Å². The van der Waals surface area contributed by atoms with Crippen LogP contribution in [0.5, 0.6) is 0 Å². The molecular formula is C16H22FN5OS. The van der Waals surface area contributed by atoms with Crippen LogP contribution in [0.3, 0.4) is 0 Å². The standard InChI is InChI=1S/C16H16FN5OS.3H2/c1-8(23)12-4-5-13(24-12)16-18-7-10(17)15(20-16)19-14-6-11(21-22-14)9-2-3-9;;;/h4-9,23H,2-3H2,1H3,(H2,18,19,20,21,22);3*1H/t8-;;;/m1.../s1. The van der Waals surface area contributed by atoms with Gasteiger partial charge in [-0.3, -0.25) is 5.10 Å². The Morgan fingerprint density at radius 2 is 2.29 bits per heavy atom. The number of thiophene rings is 1. The number of aliphatic hydroxyl groups is 1. The van der Waals surface area contributed by atoms with Crippen molar-refractivity contribution in [3.63, 3.8) is 0 Å². The van der Waals surface area contributed by atoms with E-state index in [0.29, 0.717) is 17.6 Å². The fraction of sp³-hybridized carbons (Fsp3) is 0.312. The molecule has 3 aromatic rings. The predicted octanol–water partition coefficient (Wildman–Crippen LogP) is 4.48. The molecule has 130 valence electrons. The summed E-state index contributed by atoms with van der Waals surface area (Å²) in [6, 6.07) is 5.53. The first-order chi connectivity index (χ1) is 11.6. The Kier molecular flexibility index (Phi) is 3.78. The number of aliphatic hydroxyl groups excluding tert-OH is 1. The van der Waals surface area contributed by atoms with E-state index >= 15 is 0 Å². The number of aromatic amines is 1. The first kappa shape index (κ1) is 15.2. The SMILES string of the molecule is C[C@@H](O)c1ccc(-c2ncc(F)c(Nc3cc(C4CC4)[nH]n3)n2)s1.[HH].[HH].[HH]. The molecule has 4 rings (SSSR count). The maximum Gasteiger partial charge on any atom is 0.184 e. The summed E-state index contributed by atoms with van der Waals surface area (Å²) in [5.41, 5.74) is 1.06. The molecule has 0 aliphatic heterocycles. The number of aromatic nitrogens is 4. The molecule has 0 radical (unpaired) electrons. The number of hydrogen-bond donors (Lipinski definition) is 3. The fourth-order valence-corrected chi connectivity index (χ4v) is 3.28. The molecule has 3 heterocycles. The molecule has 1 atom stereocenters. The first-order valence-electron chi connectivity index (χ1n) is 7.73. The molecule has 1 aliphatic rings. The van der Waals surface area contributed by atoms with E-state index in [4.69, 9.17) is 0 Å². The van der Waals surface area contributed by atoms with E-state index in [2.05, 4.69) is 25.5 Å². The maximum absolute atomic E-state index is 14.0. The highest BCUT2D eigenvalue weighted by Crippen LogP contribution is 2.39. The predicted molar refractivity (Wildman–Crippen MR) is 96.1 cm³/mol. The second kappa shape index (κ2) is 5.95. The Bertz CT molecular complexity index is 885. The summed E-state index contributed by atoms with van der Waals surface area (Å²) in [5.74, 6) is 1.04. The van der Waals surface area contributed by atoms with Crippen LogP contribution in [0.1, 0.15) is 46.6 Å². The van der Waals surface area contributed by atoms with Gasteiger partial charge in [0.1, 0.15) is 0 Å². The third kappa shape index (κ3) is 3.02. The second-order valence-corrected chi connectivity index (χ2v) is 6.99. The smallest absolute Gasteiger partial charge is 0.184 e. The van der Waals surface area contributed by atoms with E-state index in [-0.39, 0.29) is 10.1 Å². The van der Waals surface area contributed by atoms with Gasteiger partial charge in [-0.2, -0.15) is 5.10 Å². The van der Waals surface area contributed by atoms with Crippen LogP contribution in [0.15, 0.2) is 24.4 Å². The van der Waals surface area contributed by atoms with Gasteiger partial charge in [-0.1, -0.05) is 0 Å². The molecule has 0 spiro atoms. The van der Waals surface area contributed by atoms with E-state index in [1.54, 1.807) is 6.92 Å². The lowest BCUT2D eigenvalue weighted by Crippen LogP contribution is -2.00. The highest BCUT2D eigenvalue weighted by atomic mass is 32.1. The summed E-state index contributed by atoms with van der Waals surface area (Å²) in [5, 5.41) is 19.6. The summed E-state index contributed by atoms with van der Waals surface area (Å²) in [6.45, 7) is 1.70. The van der Waals surface area contributed by atoms with Crippen LogP contribution in [0.4, 0.5) is 16.0 Å². The maximum atomic E-state index is 14.0. The normalized spacial score (nSPS) is 15.5. The summed E-state index contributed by atoms with van der Waals surface area (Å²) >= 11 is 1.38. The van der Waals surface area contributed by atoms with Crippen molar-refractivity contribution in [2.75, 3.05) is 5.32 Å². The van der Waals surface area contributed by atoms with Crippen molar-refractivity contribution in [3.8, 4) is 10.7 Å². The number of anilines is 2. The zero-order valence-corrected chi connectivity index (χ0v) is 13.8. The van der Waals surface area contributed by atoms with Crippen molar-refractivity contribution in [2.45, 2.75) is 31.8 Å². The Morgan fingerprint density at radius 3 is 3.00 bits per heavy atom. The average molecular weight is 351 g/mol. The van der Waals surface area contributed by atoms with E-state index < -0.39 is 11.9 Å². The van der Waals surface area contributed by atoms with Gasteiger partial charge in [-0.25, -0.2) is 14.4 Å². The van der Waals surface area contributed by atoms with Crippen LogP contribution in [-0.2, 0) is 0 Å². The molecule has 8 heteroatoms. The van der Waals surface area contributed by atoms with Crippen LogP contribution in [0.2, 0.25) is 0 Å². The number of nitrogens with zero attached hydrogens (tertiary/aromatic N) is 3. The topological polar surface area (TPSA) is 86.7 Å². The van der Waals surface area contributed by atoms with Crippen molar-refractivity contribution in [1.82, 2.24) is 20.2 Å². The van der Waals surface area contributed by atoms with E-state index in [0.717, 1.165) is 34.5 Å². The molecule has 0 aromatic carbocycles. The van der Waals surface area contributed by atoms with Gasteiger partial charge in [0.05, 0.1) is 17.2 Å². The molecule has 1 fully saturated rings. The van der Waals surface area contributed by atoms with Crippen molar-refractivity contribution < 1.29 is 13.8 Å². The Hall–Kier alpha value is -2.32. The Morgan fingerprint density at radius 1 is 1.46 bits per heavy atom. The zero-order valence-electron chi connectivity index (χ0n) is 13.0. The Labute approximate surface area is 146 Å². The minimum atomic E-state index is -0.549. The van der Waals surface area contributed by atoms with Crippen LogP contribution in [0.25, 0.3) is 10.7 Å². The van der Waals surface area contributed by atoms with Gasteiger partial charge < -0.3 is 10.4 Å². The second-order valence-electron chi connectivity index (χ2n) is 5.88. The number of nitrogens with one attached hydrogen (secondary N) is 2. The van der Waals surface area contributed by atoms with Crippen LogP contribution in [0, 0.1) is 5.82 Å². The molecular weight excluding hydrogens is 329 g/mol. The third-order valence-corrected chi connectivity index (χ3v) is 5.12. The monoisotopic (exact) mass is 351 g/mol. The van der Waals surface area contributed by atoms with Gasteiger partial charge >= 0.3 is 0 Å². The lowest BCUT2D eigenvalue weighted by Gasteiger charge is -2.05. The highest BCUT2D eigenvalue weighted by Gasteiger charge is 2.25. The lowest BCUT2D eigenvalue weighted by molar-refractivity contribution is 0.203. The quantitative estimate of drug-likeness (QED) is 0.631. The van der Waals surface area contributed by atoms with Gasteiger partial charge in [-0.15, -0.1) is 11.3 Å². The van der Waals surface area contributed by atoms with Crippen molar-refractivity contribution in [3.05, 3.63) is 40.8 Å². The molecule has 0 amide bonds. The minimum absolute atomic E-state index is 0. The number of hydrogen-bond acceptors (Lipinski definition) is 6. The first-order valence-corrected chi connectivity index (χ1v) is 8.55. The van der Waals surface area contributed by atoms with Crippen molar-refractivity contribution >= 4 is 23.0 Å². The van der Waals surface area contributed by atoms with Crippen molar-refractivity contribution in [2.24, 2.45) is 0 Å². The van der Waals surface area contributed by atoms with Crippen molar-refractivity contribution in [1.29, 1.82) is 0 Å². The molecule has 24 heavy (non-hydrogen) atoms. The molecule has 1 aliphatic carbocycles. The van der Waals surface area contributed by atoms with Crippen LogP contribution >= 0.6 is 11.3 Å². The molecule has 1 saturated carbocycles. The van der Waals surface area contributed by atoms with Gasteiger partial charge in [-0.05, 0) is 31.9 Å². The van der Waals surface area contributed by atoms with Gasteiger partial charge in [0.25, 0.3) is 0 Å². The average Bonchev–Trinajstić information content (AvgIpc) is 3.10. The number of rotatable bonds is 5. The molecule has 6 nitrogen and oxygen atoms in total. The molecule has 3 N–H and O–H groups in total. The van der Waals surface area contributed by atoms with Gasteiger partial charge in [0, 0.05) is 26.8 Å². The Balaban J connectivity index is 0.00000121. The summed E-state index contributed by atoms with van der Waals surface area (Å²) in [6.07, 6.45) is 2.92. The minimum Gasteiger partial charge on any atom is -0.388 e. The summed E-state index contributed by atoms with van der Waals surface area (Å²) < 4.78 is 14.0. The lowest BCUT2D eigenvalue weighted by atomic mass is 10.3. The number of halogens is 1. The number of H-pyrrole nitrogens is 1. The molecule has 3 aromatic heterocycles. The van der Waals surface area contributed by atoms with Gasteiger partial charge in [0.2, 0.25) is 0 Å². The molecule has 0 unspecified atom stereocenters. The highest BCUT2D eigenvalue weighted by molar-refractivity contribution is 7.15. The molecule has 0 bridgehead atoms. The van der Waals surface area contributed by atoms with Crippen LogP contribution < -0.4 is 5.32 Å². The summed E-state index contributed by atoms with van der Waals surface area (Å²) in [4.78, 5) is 9.89. The van der Waals surface area contributed by atoms with E-state index in [9.17, 15) is 9.50 Å². The summed E-state index contributed by atoms with van der Waals surface area (Å²) in [7, 11) is 0. The zero-order chi connectivity index (χ0) is 16.7. The van der Waals surface area contributed by atoms with Gasteiger partial charge in [0.15, 0.2) is 23.3 Å². The van der Waals surface area contributed by atoms with Crippen LogP contribution in [-0.4, -0.2) is 25.3 Å². The third-order valence-electron chi connectivity index (χ3n) is 3.86.